The number of carboxylic acids is 1. The second-order valence-electron chi connectivity index (χ2n) is 5.73. The highest BCUT2D eigenvalue weighted by Crippen LogP contribution is 2.25. The first-order valence-corrected chi connectivity index (χ1v) is 7.43. The van der Waals surface area contributed by atoms with Crippen LogP contribution in [-0.4, -0.2) is 54.4 Å². The van der Waals surface area contributed by atoms with Crippen molar-refractivity contribution in [3.05, 3.63) is 0 Å². The highest BCUT2D eigenvalue weighted by molar-refractivity contribution is 5.77. The van der Waals surface area contributed by atoms with Crippen molar-refractivity contribution in [3.8, 4) is 0 Å². The summed E-state index contributed by atoms with van der Waals surface area (Å²) >= 11 is 0. The molecule has 1 saturated carbocycles. The summed E-state index contributed by atoms with van der Waals surface area (Å²) < 4.78 is 5.31. The molecule has 1 heterocycles. The number of carbonyl (C=O) groups is 2. The maximum Gasteiger partial charge on any atom is 0.317 e. The van der Waals surface area contributed by atoms with Crippen LogP contribution in [0, 0.1) is 5.92 Å². The van der Waals surface area contributed by atoms with Gasteiger partial charge in [0, 0.05) is 26.2 Å². The Hall–Kier alpha value is -1.30. The molecule has 1 aliphatic heterocycles. The summed E-state index contributed by atoms with van der Waals surface area (Å²) in [6, 6.07) is -0.387. The summed E-state index contributed by atoms with van der Waals surface area (Å²) in [6.45, 7) is 1.31. The van der Waals surface area contributed by atoms with Gasteiger partial charge in [0.1, 0.15) is 0 Å². The van der Waals surface area contributed by atoms with Crippen LogP contribution in [0.25, 0.3) is 0 Å². The lowest BCUT2D eigenvalue weighted by atomic mass is 9.84. The van der Waals surface area contributed by atoms with Crippen LogP contribution in [0.1, 0.15) is 38.5 Å². The molecule has 1 saturated heterocycles. The number of urea groups is 1. The number of nitrogens with one attached hydrogen (secondary N) is 1. The van der Waals surface area contributed by atoms with E-state index in [1.165, 1.54) is 0 Å². The summed E-state index contributed by atoms with van der Waals surface area (Å²) in [4.78, 5) is 25.2. The second-order valence-corrected chi connectivity index (χ2v) is 5.73. The van der Waals surface area contributed by atoms with Gasteiger partial charge in [-0.1, -0.05) is 12.8 Å². The fourth-order valence-electron chi connectivity index (χ4n) is 3.16. The van der Waals surface area contributed by atoms with E-state index in [1.807, 2.05) is 0 Å². The van der Waals surface area contributed by atoms with Gasteiger partial charge in [0.25, 0.3) is 0 Å². The lowest BCUT2D eigenvalue weighted by Crippen LogP contribution is -2.53. The van der Waals surface area contributed by atoms with Crippen molar-refractivity contribution >= 4 is 12.0 Å². The summed E-state index contributed by atoms with van der Waals surface area (Å²) in [7, 11) is 1.66. The van der Waals surface area contributed by atoms with Crippen molar-refractivity contribution in [1.29, 1.82) is 0 Å². The van der Waals surface area contributed by atoms with Gasteiger partial charge in [0.2, 0.25) is 0 Å². The quantitative estimate of drug-likeness (QED) is 0.822. The van der Waals surface area contributed by atoms with E-state index >= 15 is 0 Å². The molecule has 3 unspecified atom stereocenters. The zero-order valence-corrected chi connectivity index (χ0v) is 12.0. The van der Waals surface area contributed by atoms with Crippen LogP contribution in [0.15, 0.2) is 0 Å². The Morgan fingerprint density at radius 2 is 1.95 bits per heavy atom. The van der Waals surface area contributed by atoms with Gasteiger partial charge >= 0.3 is 12.0 Å². The van der Waals surface area contributed by atoms with E-state index in [9.17, 15) is 14.7 Å². The van der Waals surface area contributed by atoms with Gasteiger partial charge in [-0.3, -0.25) is 4.79 Å². The van der Waals surface area contributed by atoms with Crippen LogP contribution in [0.2, 0.25) is 0 Å². The number of carbonyl (C=O) groups excluding carboxylic acids is 1. The Labute approximate surface area is 119 Å². The van der Waals surface area contributed by atoms with Crippen molar-refractivity contribution in [2.24, 2.45) is 5.92 Å². The fourth-order valence-corrected chi connectivity index (χ4v) is 3.16. The largest absolute Gasteiger partial charge is 0.481 e. The molecule has 114 valence electrons. The van der Waals surface area contributed by atoms with E-state index in [0.29, 0.717) is 13.0 Å². The van der Waals surface area contributed by atoms with Gasteiger partial charge in [-0.2, -0.15) is 0 Å². The number of ether oxygens (including phenoxy) is 1. The number of hydrogen-bond acceptors (Lipinski definition) is 3. The zero-order valence-electron chi connectivity index (χ0n) is 12.0. The monoisotopic (exact) mass is 284 g/mol. The van der Waals surface area contributed by atoms with Crippen LogP contribution < -0.4 is 5.32 Å². The molecular weight excluding hydrogens is 260 g/mol. The number of aliphatic carboxylic acids is 1. The van der Waals surface area contributed by atoms with Gasteiger partial charge < -0.3 is 20.1 Å². The third-order valence-corrected chi connectivity index (χ3v) is 4.39. The van der Waals surface area contributed by atoms with Crippen molar-refractivity contribution < 1.29 is 19.4 Å². The van der Waals surface area contributed by atoms with E-state index in [4.69, 9.17) is 4.74 Å². The average Bonchev–Trinajstić information content (AvgIpc) is 2.47. The van der Waals surface area contributed by atoms with Crippen molar-refractivity contribution in [2.45, 2.75) is 50.7 Å². The molecular formula is C14H24N2O4. The molecule has 1 aliphatic carbocycles. The molecule has 2 N–H and O–H groups in total. The number of methoxy groups -OCH3 is 1. The Balaban J connectivity index is 1.90. The molecule has 0 bridgehead atoms. The predicted molar refractivity (Wildman–Crippen MR) is 73.5 cm³/mol. The molecule has 0 radical (unpaired) electrons. The Kier molecular flexibility index (Phi) is 5.23. The van der Waals surface area contributed by atoms with E-state index in [-0.39, 0.29) is 18.2 Å². The standard InChI is InChI=1S/C14H24N2O4/c1-20-10-5-4-8-16(9-10)14(19)15-12-7-3-2-6-11(12)13(17)18/h10-12H,2-9H2,1H3,(H,15,19)(H,17,18). The molecule has 6 nitrogen and oxygen atoms in total. The van der Waals surface area contributed by atoms with Crippen LogP contribution in [0.3, 0.4) is 0 Å². The SMILES string of the molecule is COC1CCCN(C(=O)NC2CCCCC2C(=O)O)C1. The minimum Gasteiger partial charge on any atom is -0.481 e. The zero-order chi connectivity index (χ0) is 14.5. The number of likely N-dealkylation sites (tertiary alicyclic amines) is 1. The number of nitrogens with zero attached hydrogens (tertiary/aromatic N) is 1. The average molecular weight is 284 g/mol. The molecule has 3 atom stereocenters. The van der Waals surface area contributed by atoms with Gasteiger partial charge in [-0.15, -0.1) is 0 Å². The summed E-state index contributed by atoms with van der Waals surface area (Å²) in [5, 5.41) is 12.1. The molecule has 2 aliphatic rings. The fraction of sp³-hybridized carbons (Fsp3) is 0.857. The minimum atomic E-state index is -0.802. The molecule has 6 heteroatoms. The third kappa shape index (κ3) is 3.62. The first-order chi connectivity index (χ1) is 9.61. The highest BCUT2D eigenvalue weighted by atomic mass is 16.5. The molecule has 20 heavy (non-hydrogen) atoms. The number of carboxylic acid groups (broad SMARTS) is 1. The van der Waals surface area contributed by atoms with Gasteiger partial charge in [0.05, 0.1) is 12.0 Å². The lowest BCUT2D eigenvalue weighted by molar-refractivity contribution is -0.143. The van der Waals surface area contributed by atoms with Gasteiger partial charge in [0.15, 0.2) is 0 Å². The number of hydrogen-bond donors (Lipinski definition) is 2. The predicted octanol–water partition coefficient (Wildman–Crippen LogP) is 1.45. The lowest BCUT2D eigenvalue weighted by Gasteiger charge is -2.35. The first kappa shape index (κ1) is 15.1. The maximum absolute atomic E-state index is 12.3. The maximum atomic E-state index is 12.3. The smallest absolute Gasteiger partial charge is 0.317 e. The van der Waals surface area contributed by atoms with Crippen LogP contribution in [0.5, 0.6) is 0 Å². The minimum absolute atomic E-state index is 0.0936. The topological polar surface area (TPSA) is 78.9 Å². The normalized spacial score (nSPS) is 30.9. The van der Waals surface area contributed by atoms with Crippen molar-refractivity contribution in [3.63, 3.8) is 0 Å². The Morgan fingerprint density at radius 3 is 2.65 bits per heavy atom. The van der Waals surface area contributed by atoms with E-state index in [1.54, 1.807) is 12.0 Å². The number of amides is 2. The molecule has 0 aromatic carbocycles. The van der Waals surface area contributed by atoms with E-state index in [2.05, 4.69) is 5.32 Å². The van der Waals surface area contributed by atoms with Crippen molar-refractivity contribution in [2.75, 3.05) is 20.2 Å². The van der Waals surface area contributed by atoms with E-state index in [0.717, 1.165) is 38.6 Å². The number of rotatable bonds is 3. The number of piperidine rings is 1. The molecule has 2 rings (SSSR count). The second kappa shape index (κ2) is 6.92. The summed E-state index contributed by atoms with van der Waals surface area (Å²) in [5.41, 5.74) is 0. The molecule has 0 aromatic rings. The van der Waals surface area contributed by atoms with Crippen molar-refractivity contribution in [1.82, 2.24) is 10.2 Å². The molecule has 0 aromatic heterocycles. The van der Waals surface area contributed by atoms with E-state index < -0.39 is 11.9 Å². The highest BCUT2D eigenvalue weighted by Gasteiger charge is 2.33. The third-order valence-electron chi connectivity index (χ3n) is 4.39. The summed E-state index contributed by atoms with van der Waals surface area (Å²) in [6.07, 6.45) is 5.32. The molecule has 2 fully saturated rings. The Bertz CT molecular complexity index is 361. The summed E-state index contributed by atoms with van der Waals surface area (Å²) in [5.74, 6) is -1.25. The van der Waals surface area contributed by atoms with Crippen LogP contribution in [0.4, 0.5) is 4.79 Å². The molecule has 2 amide bonds. The van der Waals surface area contributed by atoms with Crippen LogP contribution >= 0.6 is 0 Å². The van der Waals surface area contributed by atoms with Crippen LogP contribution in [-0.2, 0) is 9.53 Å². The van der Waals surface area contributed by atoms with Gasteiger partial charge in [-0.05, 0) is 25.7 Å². The Morgan fingerprint density at radius 1 is 1.20 bits per heavy atom. The molecule has 0 spiro atoms. The first-order valence-electron chi connectivity index (χ1n) is 7.43. The van der Waals surface area contributed by atoms with Gasteiger partial charge in [-0.25, -0.2) is 4.79 Å².